The fourth-order valence-electron chi connectivity index (χ4n) is 2.97. The summed E-state index contributed by atoms with van der Waals surface area (Å²) < 4.78 is 2.00. The summed E-state index contributed by atoms with van der Waals surface area (Å²) in [5.41, 5.74) is 0. The van der Waals surface area contributed by atoms with Crippen LogP contribution in [0.1, 0.15) is 58.3 Å². The van der Waals surface area contributed by atoms with E-state index >= 15 is 0 Å². The zero-order chi connectivity index (χ0) is 13.0. The van der Waals surface area contributed by atoms with Gasteiger partial charge < -0.3 is 5.32 Å². The highest BCUT2D eigenvalue weighted by atomic mass is 15.3. The van der Waals surface area contributed by atoms with Crippen LogP contribution in [0.15, 0.2) is 6.33 Å². The van der Waals surface area contributed by atoms with Gasteiger partial charge in [-0.2, -0.15) is 5.10 Å². The molecule has 2 atom stereocenters. The van der Waals surface area contributed by atoms with E-state index in [0.29, 0.717) is 6.04 Å². The Hall–Kier alpha value is -0.900. The topological polar surface area (TPSA) is 42.7 Å². The number of aromatic nitrogens is 3. The normalized spacial score (nSPS) is 24.7. The molecule has 1 saturated carbocycles. The third kappa shape index (κ3) is 3.55. The molecule has 0 spiro atoms. The average Bonchev–Trinajstić information content (AvgIpc) is 2.77. The van der Waals surface area contributed by atoms with Crippen LogP contribution >= 0.6 is 0 Å². The molecule has 1 aliphatic rings. The molecular formula is C14H26N4. The molecule has 0 bridgehead atoms. The van der Waals surface area contributed by atoms with Crippen LogP contribution in [0.2, 0.25) is 0 Å². The molecule has 1 N–H and O–H groups in total. The van der Waals surface area contributed by atoms with Gasteiger partial charge in [0.2, 0.25) is 0 Å². The molecule has 1 aliphatic carbocycles. The molecule has 0 aliphatic heterocycles. The van der Waals surface area contributed by atoms with Crippen molar-refractivity contribution in [1.82, 2.24) is 20.1 Å². The molecule has 1 heterocycles. The summed E-state index contributed by atoms with van der Waals surface area (Å²) in [5.74, 6) is 2.81. The molecule has 0 saturated heterocycles. The largest absolute Gasteiger partial charge is 0.310 e. The Morgan fingerprint density at radius 3 is 3.00 bits per heavy atom. The quantitative estimate of drug-likeness (QED) is 0.874. The minimum Gasteiger partial charge on any atom is -0.310 e. The Balaban J connectivity index is 1.76. The number of rotatable bonds is 5. The number of nitrogens with zero attached hydrogens (tertiary/aromatic N) is 3. The summed E-state index contributed by atoms with van der Waals surface area (Å²) in [4.78, 5) is 4.32. The van der Waals surface area contributed by atoms with Gasteiger partial charge in [-0.3, -0.25) is 0 Å². The standard InChI is InChI=1S/C14H26N4/c1-11(2)18-14(16-10-17-18)9-15-8-13-6-4-5-12(3)7-13/h10-13,15H,4-9H2,1-3H3. The Labute approximate surface area is 110 Å². The Bertz CT molecular complexity index is 358. The monoisotopic (exact) mass is 250 g/mol. The van der Waals surface area contributed by atoms with Gasteiger partial charge in [0, 0.05) is 6.04 Å². The van der Waals surface area contributed by atoms with Crippen molar-refractivity contribution in [3.05, 3.63) is 12.2 Å². The lowest BCUT2D eigenvalue weighted by Gasteiger charge is -2.26. The van der Waals surface area contributed by atoms with Crippen LogP contribution in [0, 0.1) is 11.8 Å². The van der Waals surface area contributed by atoms with Gasteiger partial charge in [-0.25, -0.2) is 9.67 Å². The molecule has 1 aromatic rings. The van der Waals surface area contributed by atoms with E-state index < -0.39 is 0 Å². The number of nitrogens with one attached hydrogen (secondary N) is 1. The van der Waals surface area contributed by atoms with Gasteiger partial charge in [-0.1, -0.05) is 19.8 Å². The van der Waals surface area contributed by atoms with E-state index in [-0.39, 0.29) is 0 Å². The average molecular weight is 250 g/mol. The summed E-state index contributed by atoms with van der Waals surface area (Å²) in [5, 5.41) is 7.81. The predicted molar refractivity (Wildman–Crippen MR) is 73.2 cm³/mol. The van der Waals surface area contributed by atoms with E-state index in [0.717, 1.165) is 30.7 Å². The van der Waals surface area contributed by atoms with E-state index in [1.807, 2.05) is 4.68 Å². The van der Waals surface area contributed by atoms with Gasteiger partial charge in [-0.05, 0) is 45.1 Å². The molecule has 18 heavy (non-hydrogen) atoms. The van der Waals surface area contributed by atoms with Crippen molar-refractivity contribution in [2.24, 2.45) is 11.8 Å². The van der Waals surface area contributed by atoms with E-state index in [1.54, 1.807) is 6.33 Å². The van der Waals surface area contributed by atoms with Crippen LogP contribution in [0.3, 0.4) is 0 Å². The zero-order valence-corrected chi connectivity index (χ0v) is 11.9. The molecular weight excluding hydrogens is 224 g/mol. The van der Waals surface area contributed by atoms with E-state index in [1.165, 1.54) is 25.7 Å². The summed E-state index contributed by atoms with van der Waals surface area (Å²) in [6, 6.07) is 0.388. The molecule has 0 aromatic carbocycles. The molecule has 0 radical (unpaired) electrons. The van der Waals surface area contributed by atoms with E-state index in [9.17, 15) is 0 Å². The second-order valence-electron chi connectivity index (χ2n) is 5.98. The molecule has 2 rings (SSSR count). The van der Waals surface area contributed by atoms with Gasteiger partial charge in [0.25, 0.3) is 0 Å². The second kappa shape index (κ2) is 6.32. The van der Waals surface area contributed by atoms with E-state index in [2.05, 4.69) is 36.2 Å². The fourth-order valence-corrected chi connectivity index (χ4v) is 2.97. The summed E-state index contributed by atoms with van der Waals surface area (Å²) in [6.07, 6.45) is 7.23. The predicted octanol–water partition coefficient (Wildman–Crippen LogP) is 2.77. The first-order valence-corrected chi connectivity index (χ1v) is 7.26. The lowest BCUT2D eigenvalue weighted by atomic mass is 9.82. The first-order valence-electron chi connectivity index (χ1n) is 7.26. The van der Waals surface area contributed by atoms with Crippen LogP contribution in [0.5, 0.6) is 0 Å². The summed E-state index contributed by atoms with van der Waals surface area (Å²) in [6.45, 7) is 8.61. The first kappa shape index (κ1) is 13.5. The van der Waals surface area contributed by atoms with Crippen molar-refractivity contribution in [2.75, 3.05) is 6.54 Å². The highest BCUT2D eigenvalue weighted by Crippen LogP contribution is 2.27. The van der Waals surface area contributed by atoms with Crippen LogP contribution in [0.4, 0.5) is 0 Å². The molecule has 1 aromatic heterocycles. The lowest BCUT2D eigenvalue weighted by molar-refractivity contribution is 0.273. The highest BCUT2D eigenvalue weighted by molar-refractivity contribution is 4.86. The zero-order valence-electron chi connectivity index (χ0n) is 11.9. The van der Waals surface area contributed by atoms with Crippen LogP contribution in [0.25, 0.3) is 0 Å². The lowest BCUT2D eigenvalue weighted by Crippen LogP contribution is -2.27. The smallest absolute Gasteiger partial charge is 0.141 e. The van der Waals surface area contributed by atoms with Crippen LogP contribution in [-0.2, 0) is 6.54 Å². The van der Waals surface area contributed by atoms with Gasteiger partial charge in [0.05, 0.1) is 6.54 Å². The SMILES string of the molecule is CC1CCCC(CNCc2ncnn2C(C)C)C1. The Kier molecular flexibility index (Phi) is 4.75. The maximum absolute atomic E-state index is 4.32. The molecule has 0 amide bonds. The van der Waals surface area contributed by atoms with Crippen molar-refractivity contribution >= 4 is 0 Å². The maximum atomic E-state index is 4.32. The first-order chi connectivity index (χ1) is 8.66. The second-order valence-corrected chi connectivity index (χ2v) is 5.98. The van der Waals surface area contributed by atoms with Gasteiger partial charge >= 0.3 is 0 Å². The highest BCUT2D eigenvalue weighted by Gasteiger charge is 2.18. The van der Waals surface area contributed by atoms with E-state index in [4.69, 9.17) is 0 Å². The third-order valence-electron chi connectivity index (χ3n) is 3.90. The van der Waals surface area contributed by atoms with Crippen LogP contribution < -0.4 is 5.32 Å². The maximum Gasteiger partial charge on any atom is 0.141 e. The van der Waals surface area contributed by atoms with Gasteiger partial charge in [-0.15, -0.1) is 0 Å². The molecule has 102 valence electrons. The fraction of sp³-hybridized carbons (Fsp3) is 0.857. The number of hydrogen-bond acceptors (Lipinski definition) is 3. The molecule has 2 unspecified atom stereocenters. The van der Waals surface area contributed by atoms with Gasteiger partial charge in [0.15, 0.2) is 0 Å². The minimum absolute atomic E-state index is 0.388. The Morgan fingerprint density at radius 2 is 2.28 bits per heavy atom. The van der Waals surface area contributed by atoms with Crippen molar-refractivity contribution in [3.63, 3.8) is 0 Å². The van der Waals surface area contributed by atoms with Crippen molar-refractivity contribution in [2.45, 2.75) is 59.0 Å². The summed E-state index contributed by atoms with van der Waals surface area (Å²) >= 11 is 0. The molecule has 4 nitrogen and oxygen atoms in total. The molecule has 1 fully saturated rings. The van der Waals surface area contributed by atoms with Crippen molar-refractivity contribution in [1.29, 1.82) is 0 Å². The Morgan fingerprint density at radius 1 is 1.44 bits per heavy atom. The minimum atomic E-state index is 0.388. The van der Waals surface area contributed by atoms with Crippen LogP contribution in [-0.4, -0.2) is 21.3 Å². The third-order valence-corrected chi connectivity index (χ3v) is 3.90. The van der Waals surface area contributed by atoms with Gasteiger partial charge in [0.1, 0.15) is 12.2 Å². The molecule has 4 heteroatoms. The number of hydrogen-bond donors (Lipinski definition) is 1. The summed E-state index contributed by atoms with van der Waals surface area (Å²) in [7, 11) is 0. The van der Waals surface area contributed by atoms with Crippen molar-refractivity contribution in [3.8, 4) is 0 Å². The van der Waals surface area contributed by atoms with Crippen molar-refractivity contribution < 1.29 is 0 Å².